The molecule has 0 radical (unpaired) electrons. The Kier molecular flexibility index (Phi) is 6.04. The van der Waals surface area contributed by atoms with Crippen molar-refractivity contribution in [3.63, 3.8) is 0 Å². The molecule has 1 aromatic carbocycles. The van der Waals surface area contributed by atoms with Crippen molar-refractivity contribution in [2.24, 2.45) is 0 Å². The number of benzene rings is 1. The van der Waals surface area contributed by atoms with Gasteiger partial charge in [-0.15, -0.1) is 0 Å². The molecule has 1 aliphatic rings. The van der Waals surface area contributed by atoms with Crippen LogP contribution in [0, 0.1) is 13.8 Å². The number of hydrogen-bond acceptors (Lipinski definition) is 4. The van der Waals surface area contributed by atoms with Crippen LogP contribution in [-0.2, 0) is 17.8 Å². The number of amides is 1. The summed E-state index contributed by atoms with van der Waals surface area (Å²) in [5, 5.41) is 4.71. The summed E-state index contributed by atoms with van der Waals surface area (Å²) in [6.45, 7) is 6.57. The third kappa shape index (κ3) is 4.33. The van der Waals surface area contributed by atoms with E-state index in [1.165, 1.54) is 0 Å². The average molecular weight is 407 g/mol. The highest BCUT2D eigenvalue weighted by molar-refractivity contribution is 5.79. The predicted octanol–water partition coefficient (Wildman–Crippen LogP) is 3.75. The lowest BCUT2D eigenvalue weighted by molar-refractivity contribution is -0.134. The van der Waals surface area contributed by atoms with Gasteiger partial charge in [-0.25, -0.2) is 4.68 Å². The summed E-state index contributed by atoms with van der Waals surface area (Å²) in [5.74, 6) is 0.968. The zero-order valence-electron chi connectivity index (χ0n) is 18.0. The smallest absolute Gasteiger partial charge is 0.227 e. The number of aryl methyl sites for hydroxylation is 1. The first-order valence-corrected chi connectivity index (χ1v) is 10.6. The van der Waals surface area contributed by atoms with Gasteiger partial charge < -0.3 is 14.2 Å². The maximum absolute atomic E-state index is 13.5. The van der Waals surface area contributed by atoms with Gasteiger partial charge >= 0.3 is 0 Å². The van der Waals surface area contributed by atoms with Crippen molar-refractivity contribution in [1.82, 2.24) is 19.6 Å². The molecule has 1 aliphatic heterocycles. The topological polar surface area (TPSA) is 54.5 Å². The zero-order chi connectivity index (χ0) is 21.1. The molecule has 2 aromatic heterocycles. The van der Waals surface area contributed by atoms with Crippen LogP contribution in [0.15, 0.2) is 53.1 Å². The Morgan fingerprint density at radius 1 is 1.13 bits per heavy atom. The normalized spacial score (nSPS) is 15.4. The van der Waals surface area contributed by atoms with Gasteiger partial charge in [0.1, 0.15) is 5.76 Å². The maximum atomic E-state index is 13.5. The second kappa shape index (κ2) is 8.88. The van der Waals surface area contributed by atoms with Gasteiger partial charge in [-0.3, -0.25) is 4.79 Å². The Morgan fingerprint density at radius 2 is 1.87 bits per heavy atom. The summed E-state index contributed by atoms with van der Waals surface area (Å²) in [6, 6.07) is 14.1. The van der Waals surface area contributed by atoms with Gasteiger partial charge in [0.15, 0.2) is 0 Å². The van der Waals surface area contributed by atoms with E-state index in [-0.39, 0.29) is 11.9 Å². The number of nitrogens with zero attached hydrogens (tertiary/aromatic N) is 4. The van der Waals surface area contributed by atoms with Gasteiger partial charge in [0.25, 0.3) is 0 Å². The van der Waals surface area contributed by atoms with Crippen LogP contribution in [0.5, 0.6) is 0 Å². The average Bonchev–Trinajstić information content (AvgIpc) is 3.37. The zero-order valence-corrected chi connectivity index (χ0v) is 18.0. The Morgan fingerprint density at radius 3 is 2.53 bits per heavy atom. The van der Waals surface area contributed by atoms with Crippen molar-refractivity contribution < 1.29 is 9.21 Å². The Balaban J connectivity index is 1.57. The second-order valence-electron chi connectivity index (χ2n) is 8.21. The fraction of sp³-hybridized carbons (Fsp3) is 0.417. The number of hydrogen-bond donors (Lipinski definition) is 0. The molecule has 0 spiro atoms. The number of likely N-dealkylation sites (tertiary alicyclic amines) is 1. The standard InChI is InChI=1S/C24H30N4O2/c1-18-23(19(2)28(25-18)21-8-5-4-6-9-21)16-24(29)27(17-22-10-7-15-30-22)20-11-13-26(3)14-12-20/h4-10,15,20H,11-14,16-17H2,1-3H3. The van der Waals surface area contributed by atoms with E-state index in [1.54, 1.807) is 6.26 Å². The number of rotatable bonds is 6. The molecular formula is C24H30N4O2. The Hall–Kier alpha value is -2.86. The van der Waals surface area contributed by atoms with Crippen LogP contribution in [0.3, 0.4) is 0 Å². The molecule has 0 bridgehead atoms. The van der Waals surface area contributed by atoms with E-state index in [2.05, 4.69) is 11.9 Å². The van der Waals surface area contributed by atoms with Gasteiger partial charge in [0, 0.05) is 17.3 Å². The van der Waals surface area contributed by atoms with Crippen molar-refractivity contribution in [3.8, 4) is 5.69 Å². The molecule has 6 heteroatoms. The largest absolute Gasteiger partial charge is 0.467 e. The SMILES string of the molecule is Cc1nn(-c2ccccc2)c(C)c1CC(=O)N(Cc1ccco1)C1CCN(C)CC1. The lowest BCUT2D eigenvalue weighted by Gasteiger charge is -2.37. The molecule has 4 rings (SSSR count). The highest BCUT2D eigenvalue weighted by atomic mass is 16.3. The minimum absolute atomic E-state index is 0.139. The van der Waals surface area contributed by atoms with E-state index >= 15 is 0 Å². The molecular weight excluding hydrogens is 376 g/mol. The van der Waals surface area contributed by atoms with E-state index in [1.807, 2.05) is 65.9 Å². The molecule has 3 aromatic rings. The van der Waals surface area contributed by atoms with E-state index in [0.717, 1.165) is 54.3 Å². The summed E-state index contributed by atoms with van der Waals surface area (Å²) in [7, 11) is 2.14. The first kappa shape index (κ1) is 20.4. The molecule has 158 valence electrons. The molecule has 0 aliphatic carbocycles. The molecule has 1 saturated heterocycles. The maximum Gasteiger partial charge on any atom is 0.227 e. The van der Waals surface area contributed by atoms with Gasteiger partial charge in [0.05, 0.1) is 30.6 Å². The lowest BCUT2D eigenvalue weighted by Crippen LogP contribution is -2.46. The molecule has 0 atom stereocenters. The number of carbonyl (C=O) groups excluding carboxylic acids is 1. The first-order valence-electron chi connectivity index (χ1n) is 10.6. The van der Waals surface area contributed by atoms with Crippen LogP contribution >= 0.6 is 0 Å². The van der Waals surface area contributed by atoms with Crippen molar-refractivity contribution in [2.75, 3.05) is 20.1 Å². The number of carbonyl (C=O) groups is 1. The first-order chi connectivity index (χ1) is 14.5. The van der Waals surface area contributed by atoms with Gasteiger partial charge in [-0.1, -0.05) is 18.2 Å². The van der Waals surface area contributed by atoms with Crippen molar-refractivity contribution in [1.29, 1.82) is 0 Å². The number of aromatic nitrogens is 2. The predicted molar refractivity (Wildman–Crippen MR) is 117 cm³/mol. The fourth-order valence-electron chi connectivity index (χ4n) is 4.30. The Labute approximate surface area is 178 Å². The minimum Gasteiger partial charge on any atom is -0.467 e. The van der Waals surface area contributed by atoms with E-state index in [9.17, 15) is 4.79 Å². The van der Waals surface area contributed by atoms with Crippen LogP contribution in [0.4, 0.5) is 0 Å². The summed E-state index contributed by atoms with van der Waals surface area (Å²) < 4.78 is 7.50. The molecule has 1 fully saturated rings. The third-order valence-corrected chi connectivity index (χ3v) is 6.13. The van der Waals surface area contributed by atoms with Crippen LogP contribution < -0.4 is 0 Å². The Bertz CT molecular complexity index is 970. The number of furan rings is 1. The van der Waals surface area contributed by atoms with E-state index in [4.69, 9.17) is 9.52 Å². The van der Waals surface area contributed by atoms with Crippen LogP contribution in [0.25, 0.3) is 5.69 Å². The molecule has 3 heterocycles. The summed E-state index contributed by atoms with van der Waals surface area (Å²) >= 11 is 0. The van der Waals surface area contributed by atoms with Gasteiger partial charge in [0.2, 0.25) is 5.91 Å². The second-order valence-corrected chi connectivity index (χ2v) is 8.21. The van der Waals surface area contributed by atoms with Crippen LogP contribution in [0.2, 0.25) is 0 Å². The fourth-order valence-corrected chi connectivity index (χ4v) is 4.30. The van der Waals surface area contributed by atoms with E-state index in [0.29, 0.717) is 13.0 Å². The van der Waals surface area contributed by atoms with Crippen LogP contribution in [-0.4, -0.2) is 51.7 Å². The summed E-state index contributed by atoms with van der Waals surface area (Å²) in [6.07, 6.45) is 4.01. The molecule has 6 nitrogen and oxygen atoms in total. The van der Waals surface area contributed by atoms with Gasteiger partial charge in [-0.05, 0) is 71.1 Å². The summed E-state index contributed by atoms with van der Waals surface area (Å²) in [4.78, 5) is 17.8. The third-order valence-electron chi connectivity index (χ3n) is 6.13. The highest BCUT2D eigenvalue weighted by Crippen LogP contribution is 2.23. The van der Waals surface area contributed by atoms with Crippen molar-refractivity contribution in [3.05, 3.63) is 71.4 Å². The quantitative estimate of drug-likeness (QED) is 0.626. The molecule has 30 heavy (non-hydrogen) atoms. The van der Waals surface area contributed by atoms with Crippen molar-refractivity contribution in [2.45, 2.75) is 45.7 Å². The summed E-state index contributed by atoms with van der Waals surface area (Å²) in [5.41, 5.74) is 3.96. The highest BCUT2D eigenvalue weighted by Gasteiger charge is 2.29. The number of piperidine rings is 1. The molecule has 0 N–H and O–H groups in total. The monoisotopic (exact) mass is 406 g/mol. The lowest BCUT2D eigenvalue weighted by atomic mass is 10.0. The van der Waals surface area contributed by atoms with Gasteiger partial charge in [-0.2, -0.15) is 5.10 Å². The van der Waals surface area contributed by atoms with Crippen molar-refractivity contribution >= 4 is 5.91 Å². The molecule has 0 unspecified atom stereocenters. The molecule has 1 amide bonds. The number of para-hydroxylation sites is 1. The van der Waals surface area contributed by atoms with Crippen LogP contribution in [0.1, 0.15) is 35.6 Å². The van der Waals surface area contributed by atoms with E-state index < -0.39 is 0 Å². The molecule has 0 saturated carbocycles. The minimum atomic E-state index is 0.139.